The lowest BCUT2D eigenvalue weighted by Gasteiger charge is -2.05. The number of halogens is 1. The summed E-state index contributed by atoms with van der Waals surface area (Å²) in [6.45, 7) is 0. The predicted molar refractivity (Wildman–Crippen MR) is 56.5 cm³/mol. The third kappa shape index (κ3) is 3.01. The minimum atomic E-state index is -4.82. The lowest BCUT2D eigenvalue weighted by atomic mass is 10.2. The molecular weight excluding hydrogens is 296 g/mol. The zero-order chi connectivity index (χ0) is 13.4. The summed E-state index contributed by atoms with van der Waals surface area (Å²) in [6.07, 6.45) is 0.0890. The fourth-order valence-corrected chi connectivity index (χ4v) is 2.70. The third-order valence-electron chi connectivity index (χ3n) is 1.74. The van der Waals surface area contributed by atoms with Crippen LogP contribution in [0.4, 0.5) is 0 Å². The summed E-state index contributed by atoms with van der Waals surface area (Å²) in [5.74, 6) is 0. The molecule has 1 aromatic carbocycles. The van der Waals surface area contributed by atoms with E-state index in [0.717, 1.165) is 0 Å². The van der Waals surface area contributed by atoms with Gasteiger partial charge in [-0.05, 0) is 12.1 Å². The van der Waals surface area contributed by atoms with Gasteiger partial charge in [0, 0.05) is 5.56 Å². The molecule has 0 heterocycles. The molecule has 0 fully saturated rings. The number of carbonyl (C=O) groups excluding carboxylic acids is 1. The summed E-state index contributed by atoms with van der Waals surface area (Å²) in [6, 6.07) is 1.12. The third-order valence-corrected chi connectivity index (χ3v) is 3.99. The maximum absolute atomic E-state index is 10.9. The first-order chi connectivity index (χ1) is 7.57. The molecular formula is C7H5ClO7S2. The number of hydrogen-bond acceptors (Lipinski definition) is 5. The minimum absolute atomic E-state index is 0.0890. The van der Waals surface area contributed by atoms with Gasteiger partial charge in [-0.1, -0.05) is 11.6 Å². The molecule has 0 aliphatic carbocycles. The largest absolute Gasteiger partial charge is 0.298 e. The second-order valence-corrected chi connectivity index (χ2v) is 6.08. The fourth-order valence-electron chi connectivity index (χ4n) is 1.02. The summed E-state index contributed by atoms with van der Waals surface area (Å²) in [5, 5.41) is -0.630. The smallest absolute Gasteiger partial charge is 0.296 e. The summed E-state index contributed by atoms with van der Waals surface area (Å²) >= 11 is 5.47. The molecule has 0 radical (unpaired) electrons. The van der Waals surface area contributed by atoms with Crippen molar-refractivity contribution in [3.05, 3.63) is 22.7 Å². The Balaban J connectivity index is 3.81. The molecule has 0 aliphatic rings. The second-order valence-electron chi connectivity index (χ2n) is 2.89. The SMILES string of the molecule is O=Cc1cc(S(=O)(=O)O)cc(S(=O)(=O)O)c1Cl. The van der Waals surface area contributed by atoms with E-state index in [1.807, 2.05) is 0 Å². The Hall–Kier alpha value is -1.00. The Labute approximate surface area is 102 Å². The van der Waals surface area contributed by atoms with Gasteiger partial charge in [-0.25, -0.2) is 0 Å². The van der Waals surface area contributed by atoms with Gasteiger partial charge in [-0.3, -0.25) is 13.9 Å². The van der Waals surface area contributed by atoms with Crippen LogP contribution in [0.15, 0.2) is 21.9 Å². The maximum atomic E-state index is 10.9. The molecule has 94 valence electrons. The number of benzene rings is 1. The standard InChI is InChI=1S/C7H5ClO7S2/c8-7-4(3-9)1-5(16(10,11)12)2-6(7)17(13,14)15/h1-3H,(H,10,11,12)(H,13,14,15). The Kier molecular flexibility index (Phi) is 3.60. The Morgan fingerprint density at radius 2 is 1.59 bits per heavy atom. The lowest BCUT2D eigenvalue weighted by Crippen LogP contribution is -2.06. The lowest BCUT2D eigenvalue weighted by molar-refractivity contribution is 0.112. The van der Waals surface area contributed by atoms with Crippen LogP contribution < -0.4 is 0 Å². The summed E-state index contributed by atoms with van der Waals surface area (Å²) < 4.78 is 60.9. The van der Waals surface area contributed by atoms with E-state index in [1.165, 1.54) is 0 Å². The molecule has 0 amide bonds. The number of carbonyl (C=O) groups is 1. The highest BCUT2D eigenvalue weighted by atomic mass is 35.5. The van der Waals surface area contributed by atoms with Gasteiger partial charge < -0.3 is 0 Å². The second kappa shape index (κ2) is 4.35. The minimum Gasteiger partial charge on any atom is -0.298 e. The zero-order valence-corrected chi connectivity index (χ0v) is 10.3. The summed E-state index contributed by atoms with van der Waals surface area (Å²) in [4.78, 5) is 8.71. The molecule has 0 saturated carbocycles. The average Bonchev–Trinajstić information content (AvgIpc) is 2.14. The van der Waals surface area contributed by atoms with Crippen LogP contribution >= 0.6 is 11.6 Å². The molecule has 7 nitrogen and oxygen atoms in total. The van der Waals surface area contributed by atoms with E-state index < -0.39 is 40.6 Å². The first-order valence-corrected chi connectivity index (χ1v) is 7.07. The van der Waals surface area contributed by atoms with Crippen molar-refractivity contribution < 1.29 is 30.7 Å². The Morgan fingerprint density at radius 1 is 1.06 bits per heavy atom. The van der Waals surface area contributed by atoms with Crippen molar-refractivity contribution in [2.75, 3.05) is 0 Å². The average molecular weight is 301 g/mol. The van der Waals surface area contributed by atoms with Gasteiger partial charge >= 0.3 is 0 Å². The van der Waals surface area contributed by atoms with Crippen molar-refractivity contribution in [1.29, 1.82) is 0 Å². The van der Waals surface area contributed by atoms with Crippen LogP contribution in [0.1, 0.15) is 10.4 Å². The molecule has 10 heteroatoms. The van der Waals surface area contributed by atoms with Gasteiger partial charge in [0.15, 0.2) is 6.29 Å². The van der Waals surface area contributed by atoms with Crippen LogP contribution in [-0.2, 0) is 20.2 Å². The monoisotopic (exact) mass is 300 g/mol. The van der Waals surface area contributed by atoms with E-state index in [0.29, 0.717) is 12.1 Å². The van der Waals surface area contributed by atoms with Gasteiger partial charge in [0.1, 0.15) is 4.90 Å². The molecule has 0 atom stereocenters. The normalized spacial score (nSPS) is 12.4. The van der Waals surface area contributed by atoms with Crippen molar-refractivity contribution in [2.45, 2.75) is 9.79 Å². The van der Waals surface area contributed by atoms with E-state index in [2.05, 4.69) is 0 Å². The number of aldehydes is 1. The van der Waals surface area contributed by atoms with Crippen LogP contribution in [0.2, 0.25) is 5.02 Å². The van der Waals surface area contributed by atoms with E-state index >= 15 is 0 Å². The van der Waals surface area contributed by atoms with Crippen molar-refractivity contribution >= 4 is 38.1 Å². The topological polar surface area (TPSA) is 126 Å². The molecule has 0 aromatic heterocycles. The van der Waals surface area contributed by atoms with Crippen molar-refractivity contribution in [3.63, 3.8) is 0 Å². The molecule has 1 rings (SSSR count). The zero-order valence-electron chi connectivity index (χ0n) is 7.86. The Bertz CT molecular complexity index is 674. The molecule has 0 aliphatic heterocycles. The van der Waals surface area contributed by atoms with Gasteiger partial charge in [-0.2, -0.15) is 16.8 Å². The van der Waals surface area contributed by atoms with Gasteiger partial charge in [-0.15, -0.1) is 0 Å². The summed E-state index contributed by atoms with van der Waals surface area (Å²) in [7, 11) is -9.54. The first-order valence-electron chi connectivity index (χ1n) is 3.81. The maximum Gasteiger partial charge on any atom is 0.296 e. The molecule has 0 saturated heterocycles. The highest BCUT2D eigenvalue weighted by Crippen LogP contribution is 2.28. The highest BCUT2D eigenvalue weighted by Gasteiger charge is 2.22. The van der Waals surface area contributed by atoms with Crippen LogP contribution in [0.25, 0.3) is 0 Å². The van der Waals surface area contributed by atoms with Crippen LogP contribution in [-0.4, -0.2) is 32.2 Å². The van der Waals surface area contributed by atoms with Crippen molar-refractivity contribution in [3.8, 4) is 0 Å². The van der Waals surface area contributed by atoms with Crippen molar-refractivity contribution in [1.82, 2.24) is 0 Å². The van der Waals surface area contributed by atoms with Gasteiger partial charge in [0.2, 0.25) is 0 Å². The van der Waals surface area contributed by atoms with Crippen LogP contribution in [0.5, 0.6) is 0 Å². The first kappa shape index (κ1) is 14.1. The van der Waals surface area contributed by atoms with Crippen molar-refractivity contribution in [2.24, 2.45) is 0 Å². The van der Waals surface area contributed by atoms with E-state index in [9.17, 15) is 21.6 Å². The van der Waals surface area contributed by atoms with E-state index in [4.69, 9.17) is 20.7 Å². The van der Waals surface area contributed by atoms with E-state index in [-0.39, 0.29) is 6.29 Å². The van der Waals surface area contributed by atoms with Crippen LogP contribution in [0.3, 0.4) is 0 Å². The van der Waals surface area contributed by atoms with E-state index in [1.54, 1.807) is 0 Å². The molecule has 17 heavy (non-hydrogen) atoms. The summed E-state index contributed by atoms with van der Waals surface area (Å²) in [5.41, 5.74) is -0.491. The van der Waals surface area contributed by atoms with Gasteiger partial charge in [0.05, 0.1) is 9.92 Å². The quantitative estimate of drug-likeness (QED) is 0.619. The molecule has 2 N–H and O–H groups in total. The predicted octanol–water partition coefficient (Wildman–Crippen LogP) is 0.646. The molecule has 0 spiro atoms. The van der Waals surface area contributed by atoms with Gasteiger partial charge in [0.25, 0.3) is 20.2 Å². The fraction of sp³-hybridized carbons (Fsp3) is 0. The molecule has 1 aromatic rings. The molecule has 0 bridgehead atoms. The Morgan fingerprint density at radius 3 is 1.94 bits per heavy atom. The number of hydrogen-bond donors (Lipinski definition) is 2. The molecule has 0 unspecified atom stereocenters. The van der Waals surface area contributed by atoms with Crippen LogP contribution in [0, 0.1) is 0 Å². The highest BCUT2D eigenvalue weighted by molar-refractivity contribution is 7.86. The number of rotatable bonds is 3.